The van der Waals surface area contributed by atoms with Crippen molar-refractivity contribution >= 4 is 67.7 Å². The van der Waals surface area contributed by atoms with Gasteiger partial charge in [0.1, 0.15) is 23.1 Å². The number of anilines is 2. The van der Waals surface area contributed by atoms with Gasteiger partial charge in [-0.3, -0.25) is 14.4 Å². The molecule has 4 heterocycles. The number of rotatable bonds is 6. The van der Waals surface area contributed by atoms with E-state index in [0.29, 0.717) is 20.9 Å². The van der Waals surface area contributed by atoms with E-state index < -0.39 is 28.1 Å². The summed E-state index contributed by atoms with van der Waals surface area (Å²) in [6.45, 7) is 3.21. The van der Waals surface area contributed by atoms with Crippen LogP contribution in [0.2, 0.25) is 10.0 Å². The van der Waals surface area contributed by atoms with Gasteiger partial charge in [0.2, 0.25) is 14.8 Å². The van der Waals surface area contributed by atoms with E-state index in [2.05, 4.69) is 39.0 Å². The van der Waals surface area contributed by atoms with Crippen molar-refractivity contribution in [2.24, 2.45) is 10.4 Å². The molecule has 2 aromatic carbocycles. The molecule has 4 aromatic rings. The first-order valence-electron chi connectivity index (χ1n) is 14.1. The number of halogens is 5. The zero-order valence-electron chi connectivity index (χ0n) is 26.2. The largest absolute Gasteiger partial charge is 0.481 e. The summed E-state index contributed by atoms with van der Waals surface area (Å²) >= 11 is 13.1. The number of sulfonamides is 1. The molecule has 13 nitrogen and oxygen atoms in total. The summed E-state index contributed by atoms with van der Waals surface area (Å²) in [6.07, 6.45) is 7.12. The van der Waals surface area contributed by atoms with Crippen molar-refractivity contribution in [3.05, 3.63) is 67.1 Å². The molecular weight excluding hydrogens is 732 g/mol. The second-order valence-electron chi connectivity index (χ2n) is 11.7. The van der Waals surface area contributed by atoms with Crippen LogP contribution in [0.5, 0.6) is 5.75 Å². The smallest absolute Gasteiger partial charge is 0.355 e. The number of alkyl halides is 2. The van der Waals surface area contributed by atoms with Crippen molar-refractivity contribution in [1.82, 2.24) is 23.3 Å². The number of amides is 1. The van der Waals surface area contributed by atoms with Gasteiger partial charge in [-0.25, -0.2) is 27.2 Å². The summed E-state index contributed by atoms with van der Waals surface area (Å²) < 4.78 is 77.6. The molecule has 2 aliphatic rings. The van der Waals surface area contributed by atoms with E-state index in [1.54, 1.807) is 0 Å². The third-order valence-electron chi connectivity index (χ3n) is 7.17. The van der Waals surface area contributed by atoms with E-state index in [0.717, 1.165) is 31.1 Å². The molecule has 0 spiro atoms. The number of aromatic nitrogens is 5. The quantitative estimate of drug-likeness (QED) is 0.281. The van der Waals surface area contributed by atoms with Crippen LogP contribution in [-0.2, 0) is 27.8 Å². The molecule has 0 saturated heterocycles. The molecule has 0 radical (unpaired) electrons. The van der Waals surface area contributed by atoms with Crippen LogP contribution in [0.25, 0.3) is 5.69 Å². The van der Waals surface area contributed by atoms with Gasteiger partial charge < -0.3 is 9.30 Å². The maximum absolute atomic E-state index is 14.5. The molecule has 0 fully saturated rings. The molecule has 0 unspecified atom stereocenters. The average molecular weight is 760 g/mol. The minimum Gasteiger partial charge on any atom is -0.481 e. The summed E-state index contributed by atoms with van der Waals surface area (Å²) in [6, 6.07) is 5.07. The van der Waals surface area contributed by atoms with Crippen molar-refractivity contribution in [2.45, 2.75) is 40.3 Å². The molecule has 2 aromatic heterocycles. The molecule has 260 valence electrons. The normalized spacial score (nSPS) is 15.3. The maximum Gasteiger partial charge on any atom is 0.355 e. The van der Waals surface area contributed by atoms with Crippen LogP contribution >= 0.6 is 34.7 Å². The van der Waals surface area contributed by atoms with Crippen molar-refractivity contribution in [3.8, 4) is 23.8 Å². The van der Waals surface area contributed by atoms with Crippen molar-refractivity contribution < 1.29 is 31.1 Å². The number of carbonyl (C=O) groups is 1. The lowest BCUT2D eigenvalue weighted by atomic mass is 9.92. The number of ether oxygens (including phenoxy) is 1. The number of fused-ring (bicyclic) bond motifs is 2. The summed E-state index contributed by atoms with van der Waals surface area (Å²) in [5, 5.41) is 3.63. The van der Waals surface area contributed by atoms with Gasteiger partial charge in [0.25, 0.3) is 5.91 Å². The zero-order valence-corrected chi connectivity index (χ0v) is 29.3. The molecule has 0 saturated carbocycles. The fraction of sp³-hybridized carbons (Fsp3) is 0.345. The lowest BCUT2D eigenvalue weighted by Gasteiger charge is -2.28. The van der Waals surface area contributed by atoms with E-state index in [1.807, 2.05) is 4.57 Å². The van der Waals surface area contributed by atoms with Crippen LogP contribution < -0.4 is 24.9 Å². The topological polar surface area (TPSA) is 146 Å². The third kappa shape index (κ3) is 7.64. The van der Waals surface area contributed by atoms with Gasteiger partial charge in [0.15, 0.2) is 12.4 Å². The highest BCUT2D eigenvalue weighted by Crippen LogP contribution is 2.38. The first-order valence-corrected chi connectivity index (χ1v) is 17.5. The van der Waals surface area contributed by atoms with E-state index in [-0.39, 0.29) is 62.0 Å². The average Bonchev–Trinajstić information content (AvgIpc) is 3.60. The number of nitrogens with zero attached hydrogens (tertiary/aromatic N) is 7. The van der Waals surface area contributed by atoms with E-state index in [9.17, 15) is 31.2 Å². The minimum atomic E-state index is -3.65. The maximum atomic E-state index is 14.5. The molecule has 20 heteroatoms. The number of nitrogens with one attached hydrogen (secondary N) is 1. The lowest BCUT2D eigenvalue weighted by molar-refractivity contribution is -0.121. The molecule has 6 rings (SSSR count). The molecular formula is C29H27Cl2F3N8O5S2. The van der Waals surface area contributed by atoms with Crippen LogP contribution in [0.15, 0.2) is 34.1 Å². The van der Waals surface area contributed by atoms with E-state index >= 15 is 0 Å². The minimum absolute atomic E-state index is 0.0257. The van der Waals surface area contributed by atoms with Crippen molar-refractivity contribution in [2.75, 3.05) is 29.0 Å². The number of terminal acetylenes is 1. The number of carbonyl (C=O) groups excluding carboxylic acids is 1. The molecule has 0 aliphatic carbocycles. The van der Waals surface area contributed by atoms with Crippen LogP contribution in [0.3, 0.4) is 0 Å². The fourth-order valence-electron chi connectivity index (χ4n) is 5.08. The van der Waals surface area contributed by atoms with Gasteiger partial charge in [0.05, 0.1) is 39.9 Å². The highest BCUT2D eigenvalue weighted by molar-refractivity contribution is 7.92. The van der Waals surface area contributed by atoms with Crippen LogP contribution in [0.1, 0.15) is 32.0 Å². The molecule has 2 aliphatic heterocycles. The Morgan fingerprint density at radius 2 is 1.90 bits per heavy atom. The predicted molar refractivity (Wildman–Crippen MR) is 178 cm³/mol. The summed E-state index contributed by atoms with van der Waals surface area (Å²) in [4.78, 5) is 30.6. The fourth-order valence-corrected chi connectivity index (χ4v) is 6.97. The van der Waals surface area contributed by atoms with Gasteiger partial charge in [-0.2, -0.15) is 17.8 Å². The number of aryl methyl sites for hydroxylation is 1. The Kier molecular flexibility index (Phi) is 9.94. The molecule has 49 heavy (non-hydrogen) atoms. The van der Waals surface area contributed by atoms with Crippen LogP contribution in [0.4, 0.5) is 30.2 Å². The van der Waals surface area contributed by atoms with Crippen molar-refractivity contribution in [3.63, 3.8) is 0 Å². The number of hydrogen-bond acceptors (Lipinski definition) is 9. The first-order chi connectivity index (χ1) is 22.9. The Balaban J connectivity index is 0.000000193. The van der Waals surface area contributed by atoms with E-state index in [4.69, 9.17) is 34.4 Å². The third-order valence-corrected chi connectivity index (χ3v) is 9.15. The zero-order chi connectivity index (χ0) is 36.0. The molecule has 0 atom stereocenters. The van der Waals surface area contributed by atoms with Crippen LogP contribution in [-0.4, -0.2) is 57.0 Å². The highest BCUT2D eigenvalue weighted by Gasteiger charge is 2.31. The number of hydrogen-bond donors (Lipinski definition) is 1. The summed E-state index contributed by atoms with van der Waals surface area (Å²) in [7, 11) is -3.65. The number of benzene rings is 2. The Morgan fingerprint density at radius 1 is 1.18 bits per heavy atom. The van der Waals surface area contributed by atoms with E-state index in [1.165, 1.54) is 41.6 Å². The monoisotopic (exact) mass is 758 g/mol. The Morgan fingerprint density at radius 3 is 2.53 bits per heavy atom. The summed E-state index contributed by atoms with van der Waals surface area (Å²) in [5.74, 6) is 2.69. The van der Waals surface area contributed by atoms with Gasteiger partial charge in [-0.1, -0.05) is 43.0 Å². The highest BCUT2D eigenvalue weighted by atomic mass is 35.5. The first kappa shape index (κ1) is 36.0. The predicted octanol–water partition coefficient (Wildman–Crippen LogP) is 4.67. The lowest BCUT2D eigenvalue weighted by Crippen LogP contribution is -2.39. The van der Waals surface area contributed by atoms with Gasteiger partial charge in [0, 0.05) is 30.6 Å². The van der Waals surface area contributed by atoms with Crippen LogP contribution in [0, 0.1) is 30.5 Å². The molecule has 1 N–H and O–H groups in total. The second-order valence-corrected chi connectivity index (χ2v) is 15.0. The molecule has 1 amide bonds. The Hall–Kier alpha value is -4.31. The van der Waals surface area contributed by atoms with Crippen molar-refractivity contribution in [1.29, 1.82) is 0 Å². The van der Waals surface area contributed by atoms with Gasteiger partial charge in [-0.15, -0.1) is 11.5 Å². The Bertz CT molecular complexity index is 2260. The SMILES string of the molecule is C#CCN1C(=O)COc2cc(F)c(/N=c3\snc4n3CC(C)(C)C4)cc21.Cc1nn(-c2cc(NS(C)(=O)=O)c(Cl)cc2Cl)c(=O)n1C(F)F. The molecule has 0 bridgehead atoms. The van der Waals surface area contributed by atoms with Gasteiger partial charge >= 0.3 is 12.2 Å². The summed E-state index contributed by atoms with van der Waals surface area (Å²) in [5.41, 5.74) is -0.594. The Labute approximate surface area is 291 Å². The second kappa shape index (κ2) is 13.5. The standard InChI is InChI=1S/C18H17FN4O2S.C11H10Cl2F2N4O3S/c1-4-5-22-13-7-12(11(19)6-14(13)25-9-16(22)24)20-17-23-10-18(2,3)8-15(23)21-26-17;1-5-16-19(11(20)18(5)10(14)15)9-4-8(17-23(2,21)22)6(12)3-7(9)13/h1,6-7H,5,8-10H2,2-3H3;3-4,10,17H,1-2H3/b20-17-;. The van der Waals surface area contributed by atoms with Gasteiger partial charge in [-0.05, 0) is 30.5 Å².